The molecule has 1 rings (SSSR count). The fourth-order valence-corrected chi connectivity index (χ4v) is 6.97. The van der Waals surface area contributed by atoms with Crippen LogP contribution in [0.15, 0.2) is 12.2 Å². The van der Waals surface area contributed by atoms with Gasteiger partial charge in [0, 0.05) is 0 Å². The van der Waals surface area contributed by atoms with E-state index in [-0.39, 0.29) is 6.61 Å². The third kappa shape index (κ3) is 22.8. The highest BCUT2D eigenvalue weighted by Crippen LogP contribution is 2.24. The number of aliphatic hydroxyl groups is 6. The maximum atomic E-state index is 13.4. The molecule has 0 unspecified atom stereocenters. The van der Waals surface area contributed by atoms with Crippen LogP contribution in [-0.2, 0) is 14.3 Å². The van der Waals surface area contributed by atoms with E-state index in [1.807, 2.05) is 6.08 Å². The zero-order valence-electron chi connectivity index (χ0n) is 32.7. The summed E-state index contributed by atoms with van der Waals surface area (Å²) in [6.07, 6.45) is 25.6. The highest BCUT2D eigenvalue weighted by Gasteiger charge is 2.44. The Morgan fingerprint density at radius 3 is 1.51 bits per heavy atom. The van der Waals surface area contributed by atoms with Crippen LogP contribution in [0.2, 0.25) is 0 Å². The molecule has 0 aromatic heterocycles. The van der Waals surface area contributed by atoms with Gasteiger partial charge >= 0.3 is 0 Å². The van der Waals surface area contributed by atoms with Gasteiger partial charge in [-0.2, -0.15) is 0 Å². The van der Waals surface area contributed by atoms with Gasteiger partial charge in [0.05, 0.1) is 25.2 Å². The van der Waals surface area contributed by atoms with Crippen molar-refractivity contribution in [2.75, 3.05) is 13.2 Å². The average molecular weight is 729 g/mol. The smallest absolute Gasteiger partial charge is 0.186 e. The Bertz CT molecular complexity index is 822. The second-order valence-corrected chi connectivity index (χ2v) is 15.2. The summed E-state index contributed by atoms with van der Waals surface area (Å²) in [5, 5.41) is 61.9. The fourth-order valence-electron chi connectivity index (χ4n) is 6.97. The minimum Gasteiger partial charge on any atom is -0.394 e. The molecule has 302 valence electrons. The quantitative estimate of drug-likeness (QED) is 0.0283. The molecule has 0 saturated carbocycles. The van der Waals surface area contributed by atoms with Crippen LogP contribution in [-0.4, -0.2) is 92.5 Å². The number of allylic oxidation sites excluding steroid dienone is 1. The maximum absolute atomic E-state index is 13.4. The average Bonchev–Trinajstić information content (AvgIpc) is 3.13. The van der Waals surface area contributed by atoms with E-state index in [0.29, 0.717) is 12.8 Å². The molecule has 0 amide bonds. The van der Waals surface area contributed by atoms with Gasteiger partial charge in [0.15, 0.2) is 12.1 Å². The monoisotopic (exact) mass is 729 g/mol. The van der Waals surface area contributed by atoms with Gasteiger partial charge in [-0.15, -0.1) is 0 Å². The number of ketones is 1. The second-order valence-electron chi connectivity index (χ2n) is 15.2. The predicted molar refractivity (Wildman–Crippen MR) is 205 cm³/mol. The Labute approximate surface area is 311 Å². The summed E-state index contributed by atoms with van der Waals surface area (Å²) in [4.78, 5) is 13.4. The van der Waals surface area contributed by atoms with E-state index in [4.69, 9.17) is 9.47 Å². The number of aliphatic hydroxyl groups excluding tert-OH is 6. The number of rotatable bonds is 35. The first-order chi connectivity index (χ1) is 24.8. The molecule has 0 aromatic rings. The third-order valence-corrected chi connectivity index (χ3v) is 10.5. The van der Waals surface area contributed by atoms with Crippen LogP contribution in [0, 0.1) is 5.92 Å². The Balaban J connectivity index is 2.41. The summed E-state index contributed by atoms with van der Waals surface area (Å²) in [7, 11) is 0. The van der Waals surface area contributed by atoms with Crippen LogP contribution >= 0.6 is 0 Å². The number of ether oxygens (including phenoxy) is 2. The lowest BCUT2D eigenvalue weighted by Gasteiger charge is -2.40. The van der Waals surface area contributed by atoms with Crippen molar-refractivity contribution in [1.29, 1.82) is 0 Å². The minimum absolute atomic E-state index is 0.294. The Kier molecular flexibility index (Phi) is 30.7. The molecule has 1 heterocycles. The van der Waals surface area contributed by atoms with Crippen LogP contribution in [0.25, 0.3) is 0 Å². The number of unbranched alkanes of at least 4 members (excludes halogenated alkanes) is 24. The number of hydrogen-bond donors (Lipinski definition) is 6. The highest BCUT2D eigenvalue weighted by molar-refractivity contribution is 5.86. The molecule has 8 atom stereocenters. The van der Waals surface area contributed by atoms with Crippen molar-refractivity contribution >= 4 is 5.78 Å². The van der Waals surface area contributed by atoms with Crippen LogP contribution in [0.4, 0.5) is 0 Å². The lowest BCUT2D eigenvalue weighted by Crippen LogP contribution is -2.59. The van der Waals surface area contributed by atoms with E-state index in [9.17, 15) is 35.4 Å². The Morgan fingerprint density at radius 1 is 0.627 bits per heavy atom. The van der Waals surface area contributed by atoms with Crippen LogP contribution < -0.4 is 0 Å². The fraction of sp³-hybridized carbons (Fsp3) is 0.929. The van der Waals surface area contributed by atoms with E-state index in [1.54, 1.807) is 6.08 Å². The van der Waals surface area contributed by atoms with E-state index in [0.717, 1.165) is 38.5 Å². The maximum Gasteiger partial charge on any atom is 0.186 e. The van der Waals surface area contributed by atoms with Gasteiger partial charge in [-0.3, -0.25) is 4.79 Å². The molecule has 1 saturated heterocycles. The topological polar surface area (TPSA) is 157 Å². The number of carbonyl (C=O) groups is 1. The molecule has 0 aliphatic carbocycles. The molecule has 9 nitrogen and oxygen atoms in total. The normalized spacial score (nSPS) is 22.8. The van der Waals surface area contributed by atoms with Crippen molar-refractivity contribution in [1.82, 2.24) is 0 Å². The van der Waals surface area contributed by atoms with Crippen molar-refractivity contribution in [3.05, 3.63) is 12.2 Å². The van der Waals surface area contributed by atoms with Crippen molar-refractivity contribution < 1.29 is 44.9 Å². The molecule has 51 heavy (non-hydrogen) atoms. The van der Waals surface area contributed by atoms with Crippen molar-refractivity contribution in [3.8, 4) is 0 Å². The summed E-state index contributed by atoms with van der Waals surface area (Å²) < 4.78 is 11.1. The third-order valence-electron chi connectivity index (χ3n) is 10.5. The summed E-state index contributed by atoms with van der Waals surface area (Å²) >= 11 is 0. The molecule has 1 aliphatic rings. The molecule has 0 aromatic carbocycles. The predicted octanol–water partition coefficient (Wildman–Crippen LogP) is 7.84. The van der Waals surface area contributed by atoms with Gasteiger partial charge in [-0.25, -0.2) is 0 Å². The minimum atomic E-state index is -1.62. The van der Waals surface area contributed by atoms with E-state index >= 15 is 0 Å². The van der Waals surface area contributed by atoms with Crippen molar-refractivity contribution in [2.24, 2.45) is 5.92 Å². The largest absolute Gasteiger partial charge is 0.394 e. The molecule has 1 aliphatic heterocycles. The van der Waals surface area contributed by atoms with Crippen molar-refractivity contribution in [2.45, 2.75) is 230 Å². The first-order valence-electron chi connectivity index (χ1n) is 21.3. The Morgan fingerprint density at radius 2 is 1.06 bits per heavy atom. The van der Waals surface area contributed by atoms with E-state index in [1.165, 1.54) is 122 Å². The van der Waals surface area contributed by atoms with E-state index in [2.05, 4.69) is 13.8 Å². The summed E-state index contributed by atoms with van der Waals surface area (Å²) in [6, 6.07) is 0. The molecule has 0 spiro atoms. The SMILES string of the molecule is CCCCCCCCC/C=C/[C@@H](O)[C@H](CO[C@@H]1O[C@H](CO)[C@H](O)[C@H](O)[C@H]1O)C(=O)[C@H](O)CCCCCCCCCCCCCCCCCCCC. The number of Topliss-reactive ketones (excluding diaryl/α,β-unsaturated/α-hetero) is 1. The lowest BCUT2D eigenvalue weighted by atomic mass is 9.91. The molecule has 1 fully saturated rings. The van der Waals surface area contributed by atoms with Gasteiger partial charge in [0.2, 0.25) is 0 Å². The number of carbonyl (C=O) groups excluding carboxylic acids is 1. The number of hydrogen-bond acceptors (Lipinski definition) is 9. The summed E-state index contributed by atoms with van der Waals surface area (Å²) in [5.41, 5.74) is 0. The van der Waals surface area contributed by atoms with Crippen LogP contribution in [0.5, 0.6) is 0 Å². The van der Waals surface area contributed by atoms with Crippen molar-refractivity contribution in [3.63, 3.8) is 0 Å². The molecule has 0 radical (unpaired) electrons. The first kappa shape index (κ1) is 48.1. The van der Waals surface area contributed by atoms with Crippen LogP contribution in [0.1, 0.15) is 187 Å². The molecular weight excluding hydrogens is 648 g/mol. The standard InChI is InChI=1S/C42H80O9/c1-3-5-7-9-11-13-14-15-16-17-18-19-20-21-23-25-27-29-31-36(45)38(46)34(35(44)30-28-26-24-22-12-10-8-6-4-2)33-50-42-41(49)40(48)39(47)37(32-43)51-42/h28,30,34-37,39-45,47-49H,3-27,29,31-33H2,1-2H3/b30-28+/t34-,35+,36+,37+,39-,40-,41+,42+/m0/s1. The Hall–Kier alpha value is -0.910. The first-order valence-corrected chi connectivity index (χ1v) is 21.3. The summed E-state index contributed by atoms with van der Waals surface area (Å²) in [5.74, 6) is -1.66. The molecule has 9 heteroatoms. The zero-order chi connectivity index (χ0) is 37.5. The molecule has 6 N–H and O–H groups in total. The zero-order valence-corrected chi connectivity index (χ0v) is 32.7. The van der Waals surface area contributed by atoms with Gasteiger partial charge in [0.25, 0.3) is 0 Å². The van der Waals surface area contributed by atoms with E-state index < -0.39 is 61.2 Å². The van der Waals surface area contributed by atoms with Gasteiger partial charge in [-0.05, 0) is 19.3 Å². The van der Waals surface area contributed by atoms with Gasteiger partial charge in [0.1, 0.15) is 30.5 Å². The summed E-state index contributed by atoms with van der Waals surface area (Å²) in [6.45, 7) is 3.49. The highest BCUT2D eigenvalue weighted by atomic mass is 16.7. The second kappa shape index (κ2) is 32.5. The molecule has 0 bridgehead atoms. The van der Waals surface area contributed by atoms with Gasteiger partial charge < -0.3 is 40.1 Å². The lowest BCUT2D eigenvalue weighted by molar-refractivity contribution is -0.303. The van der Waals surface area contributed by atoms with Crippen LogP contribution in [0.3, 0.4) is 0 Å². The molecular formula is C42H80O9. The van der Waals surface area contributed by atoms with Gasteiger partial charge in [-0.1, -0.05) is 180 Å².